The van der Waals surface area contributed by atoms with Gasteiger partial charge in [0.15, 0.2) is 4.34 Å². The van der Waals surface area contributed by atoms with Crippen molar-refractivity contribution in [3.63, 3.8) is 0 Å². The van der Waals surface area contributed by atoms with Crippen LogP contribution in [0.4, 0.5) is 15.6 Å². The van der Waals surface area contributed by atoms with Crippen molar-refractivity contribution >= 4 is 45.9 Å². The van der Waals surface area contributed by atoms with Crippen LogP contribution in [0.2, 0.25) is 0 Å². The zero-order chi connectivity index (χ0) is 19.8. The third-order valence-electron chi connectivity index (χ3n) is 3.63. The Morgan fingerprint density at radius 1 is 1.26 bits per heavy atom. The van der Waals surface area contributed by atoms with E-state index >= 15 is 0 Å². The third kappa shape index (κ3) is 6.84. The number of carbonyl (C=O) groups is 2. The van der Waals surface area contributed by atoms with E-state index in [1.165, 1.54) is 28.7 Å². The molecule has 0 bridgehead atoms. The first-order valence-corrected chi connectivity index (χ1v) is 10.6. The maximum Gasteiger partial charge on any atom is 0.321 e. The van der Waals surface area contributed by atoms with Gasteiger partial charge in [0.05, 0.1) is 5.75 Å². The van der Waals surface area contributed by atoms with Crippen LogP contribution in [0.3, 0.4) is 0 Å². The summed E-state index contributed by atoms with van der Waals surface area (Å²) in [6.07, 6.45) is 0.920. The molecular formula is C18H25N5O2S2. The lowest BCUT2D eigenvalue weighted by Gasteiger charge is -2.11. The number of para-hydroxylation sites is 1. The fourth-order valence-corrected chi connectivity index (χ4v) is 3.81. The van der Waals surface area contributed by atoms with Gasteiger partial charge in [0, 0.05) is 12.2 Å². The summed E-state index contributed by atoms with van der Waals surface area (Å²) in [6, 6.07) is 5.70. The number of hydrogen-bond donors (Lipinski definition) is 3. The number of nitrogens with one attached hydrogen (secondary N) is 3. The average Bonchev–Trinajstić information content (AvgIpc) is 3.07. The minimum absolute atomic E-state index is 0.105. The number of thioether (sulfide) groups is 1. The largest absolute Gasteiger partial charge is 0.338 e. The summed E-state index contributed by atoms with van der Waals surface area (Å²) in [4.78, 5) is 23.4. The first-order valence-electron chi connectivity index (χ1n) is 8.78. The number of carbonyl (C=O) groups excluding carboxylic acids is 2. The minimum Gasteiger partial charge on any atom is -0.338 e. The van der Waals surface area contributed by atoms with Gasteiger partial charge in [-0.25, -0.2) is 4.79 Å². The lowest BCUT2D eigenvalue weighted by molar-refractivity contribution is -0.117. The maximum atomic E-state index is 11.8. The highest BCUT2D eigenvalue weighted by atomic mass is 32.2. The molecule has 1 heterocycles. The molecule has 0 aliphatic rings. The SMILES string of the molecule is CCc1cccc(C)c1Nc1nnc(SCC(=O)NC(=O)NCC(C)C)s1. The van der Waals surface area contributed by atoms with Gasteiger partial charge in [0.2, 0.25) is 11.0 Å². The number of benzene rings is 1. The molecule has 0 spiro atoms. The summed E-state index contributed by atoms with van der Waals surface area (Å²) in [5.41, 5.74) is 3.41. The van der Waals surface area contributed by atoms with Crippen molar-refractivity contribution in [2.45, 2.75) is 38.5 Å². The summed E-state index contributed by atoms with van der Waals surface area (Å²) < 4.78 is 0.668. The van der Waals surface area contributed by atoms with Crippen LogP contribution in [0.15, 0.2) is 22.5 Å². The van der Waals surface area contributed by atoms with Crippen molar-refractivity contribution in [3.05, 3.63) is 29.3 Å². The molecule has 27 heavy (non-hydrogen) atoms. The van der Waals surface area contributed by atoms with E-state index < -0.39 is 6.03 Å². The average molecular weight is 408 g/mol. The Kier molecular flexibility index (Phi) is 8.05. The van der Waals surface area contributed by atoms with Crippen molar-refractivity contribution in [2.24, 2.45) is 5.92 Å². The molecule has 9 heteroatoms. The van der Waals surface area contributed by atoms with Gasteiger partial charge in [-0.05, 0) is 30.4 Å². The summed E-state index contributed by atoms with van der Waals surface area (Å²) in [6.45, 7) is 8.65. The summed E-state index contributed by atoms with van der Waals surface area (Å²) >= 11 is 2.63. The summed E-state index contributed by atoms with van der Waals surface area (Å²) in [7, 11) is 0. The number of imide groups is 1. The van der Waals surface area contributed by atoms with Crippen LogP contribution in [-0.4, -0.2) is 34.4 Å². The molecule has 3 amide bonds. The van der Waals surface area contributed by atoms with Gasteiger partial charge in [0.25, 0.3) is 0 Å². The lowest BCUT2D eigenvalue weighted by atomic mass is 10.1. The number of amides is 3. The van der Waals surface area contributed by atoms with E-state index in [0.29, 0.717) is 21.9 Å². The van der Waals surface area contributed by atoms with E-state index in [4.69, 9.17) is 0 Å². The quantitative estimate of drug-likeness (QED) is 0.577. The number of hydrogen-bond acceptors (Lipinski definition) is 7. The predicted octanol–water partition coefficient (Wildman–Crippen LogP) is 3.73. The Hall–Kier alpha value is -2.13. The van der Waals surface area contributed by atoms with Crippen molar-refractivity contribution in [1.82, 2.24) is 20.8 Å². The Morgan fingerprint density at radius 3 is 2.74 bits per heavy atom. The van der Waals surface area contributed by atoms with Crippen molar-refractivity contribution in [2.75, 3.05) is 17.6 Å². The highest BCUT2D eigenvalue weighted by Crippen LogP contribution is 2.30. The standard InChI is InChI=1S/C18H25N5O2S2/c1-5-13-8-6-7-12(4)15(13)21-17-22-23-18(27-17)26-10-14(24)20-16(25)19-9-11(2)3/h6-8,11H,5,9-10H2,1-4H3,(H,21,22)(H2,19,20,24,25). The monoisotopic (exact) mass is 407 g/mol. The van der Waals surface area contributed by atoms with Gasteiger partial charge >= 0.3 is 6.03 Å². The minimum atomic E-state index is -0.472. The molecule has 0 fully saturated rings. The molecule has 0 aliphatic heterocycles. The molecule has 2 rings (SSSR count). The molecule has 7 nitrogen and oxygen atoms in total. The third-order valence-corrected chi connectivity index (χ3v) is 5.60. The molecule has 0 atom stereocenters. The van der Waals surface area contributed by atoms with E-state index in [1.54, 1.807) is 0 Å². The van der Waals surface area contributed by atoms with E-state index in [2.05, 4.69) is 39.1 Å². The molecule has 0 saturated carbocycles. The Labute approximate surface area is 167 Å². The van der Waals surface area contributed by atoms with Gasteiger partial charge in [-0.15, -0.1) is 10.2 Å². The highest BCUT2D eigenvalue weighted by Gasteiger charge is 2.12. The molecule has 0 radical (unpaired) electrons. The Balaban J connectivity index is 1.86. The predicted molar refractivity (Wildman–Crippen MR) is 111 cm³/mol. The smallest absolute Gasteiger partial charge is 0.321 e. The van der Waals surface area contributed by atoms with Gasteiger partial charge in [-0.3, -0.25) is 10.1 Å². The fraction of sp³-hybridized carbons (Fsp3) is 0.444. The van der Waals surface area contributed by atoms with Crippen LogP contribution in [-0.2, 0) is 11.2 Å². The topological polar surface area (TPSA) is 96.0 Å². The molecule has 0 unspecified atom stereocenters. The van der Waals surface area contributed by atoms with E-state index in [9.17, 15) is 9.59 Å². The summed E-state index contributed by atoms with van der Waals surface area (Å²) in [5.74, 6) is 0.0704. The van der Waals surface area contributed by atoms with Crippen LogP contribution >= 0.6 is 23.1 Å². The second-order valence-corrected chi connectivity index (χ2v) is 8.60. The van der Waals surface area contributed by atoms with Crippen LogP contribution in [0.5, 0.6) is 0 Å². The van der Waals surface area contributed by atoms with Crippen LogP contribution in [0.1, 0.15) is 31.9 Å². The van der Waals surface area contributed by atoms with E-state index in [0.717, 1.165) is 17.7 Å². The molecule has 1 aromatic heterocycles. The van der Waals surface area contributed by atoms with Crippen molar-refractivity contribution < 1.29 is 9.59 Å². The number of aromatic nitrogens is 2. The van der Waals surface area contributed by atoms with Gasteiger partial charge < -0.3 is 10.6 Å². The first-order chi connectivity index (χ1) is 12.9. The molecule has 0 saturated heterocycles. The Bertz CT molecular complexity index is 792. The van der Waals surface area contributed by atoms with Crippen LogP contribution in [0.25, 0.3) is 0 Å². The molecule has 1 aromatic carbocycles. The zero-order valence-corrected chi connectivity index (χ0v) is 17.6. The molecular weight excluding hydrogens is 382 g/mol. The van der Waals surface area contributed by atoms with E-state index in [1.807, 2.05) is 32.9 Å². The zero-order valence-electron chi connectivity index (χ0n) is 16.0. The molecule has 146 valence electrons. The fourth-order valence-electron chi connectivity index (χ4n) is 2.26. The molecule has 0 aliphatic carbocycles. The van der Waals surface area contributed by atoms with Crippen LogP contribution in [0, 0.1) is 12.8 Å². The highest BCUT2D eigenvalue weighted by molar-refractivity contribution is 8.01. The Morgan fingerprint density at radius 2 is 2.04 bits per heavy atom. The van der Waals surface area contributed by atoms with Gasteiger partial charge in [0.1, 0.15) is 0 Å². The number of nitrogens with zero attached hydrogens (tertiary/aromatic N) is 2. The van der Waals surface area contributed by atoms with Crippen LogP contribution < -0.4 is 16.0 Å². The number of aryl methyl sites for hydroxylation is 2. The molecule has 3 N–H and O–H groups in total. The number of urea groups is 1. The second-order valence-electron chi connectivity index (χ2n) is 6.40. The van der Waals surface area contributed by atoms with Gasteiger partial charge in [-0.1, -0.05) is 62.1 Å². The number of rotatable bonds is 8. The second kappa shape index (κ2) is 10.3. The summed E-state index contributed by atoms with van der Waals surface area (Å²) in [5, 5.41) is 17.2. The lowest BCUT2D eigenvalue weighted by Crippen LogP contribution is -2.41. The number of anilines is 2. The molecule has 2 aromatic rings. The van der Waals surface area contributed by atoms with Crippen molar-refractivity contribution in [1.29, 1.82) is 0 Å². The maximum absolute atomic E-state index is 11.8. The normalized spacial score (nSPS) is 10.7. The first kappa shape index (κ1) is 21.2. The van der Waals surface area contributed by atoms with E-state index in [-0.39, 0.29) is 11.7 Å². The van der Waals surface area contributed by atoms with Crippen molar-refractivity contribution in [3.8, 4) is 0 Å². The van der Waals surface area contributed by atoms with Gasteiger partial charge in [-0.2, -0.15) is 0 Å².